The SMILES string of the molecule is CCCC(CCC(C)CC)c1cc(C)n(-c2ccc(OC(F)(F)F)cc2)n1.CCCN1CCOCC1(C)C. The molecule has 0 amide bonds. The summed E-state index contributed by atoms with van der Waals surface area (Å²) in [4.78, 5) is 2.51. The zero-order chi connectivity index (χ0) is 28.3. The summed E-state index contributed by atoms with van der Waals surface area (Å²) in [5.41, 5.74) is 3.02. The van der Waals surface area contributed by atoms with E-state index >= 15 is 0 Å². The fourth-order valence-electron chi connectivity index (χ4n) is 4.80. The Morgan fingerprint density at radius 1 is 1.05 bits per heavy atom. The molecule has 8 heteroatoms. The second kappa shape index (κ2) is 14.9. The Morgan fingerprint density at radius 2 is 1.74 bits per heavy atom. The van der Waals surface area contributed by atoms with E-state index in [0.717, 1.165) is 56.1 Å². The molecule has 1 aliphatic heterocycles. The predicted molar refractivity (Wildman–Crippen MR) is 148 cm³/mol. The van der Waals surface area contributed by atoms with Crippen LogP contribution in [0.5, 0.6) is 5.75 Å². The molecule has 1 fully saturated rings. The van der Waals surface area contributed by atoms with Gasteiger partial charge >= 0.3 is 6.36 Å². The van der Waals surface area contributed by atoms with Crippen LogP contribution in [0.2, 0.25) is 0 Å². The molecule has 2 heterocycles. The molecule has 2 aromatic rings. The summed E-state index contributed by atoms with van der Waals surface area (Å²) in [6.45, 7) is 19.5. The highest BCUT2D eigenvalue weighted by molar-refractivity contribution is 5.38. The van der Waals surface area contributed by atoms with Gasteiger partial charge in [-0.15, -0.1) is 13.2 Å². The number of ether oxygens (including phenoxy) is 2. The minimum absolute atomic E-state index is 0.228. The van der Waals surface area contributed by atoms with Crippen molar-refractivity contribution in [1.82, 2.24) is 14.7 Å². The van der Waals surface area contributed by atoms with Crippen molar-refractivity contribution in [2.24, 2.45) is 5.92 Å². The average Bonchev–Trinajstić information content (AvgIpc) is 3.24. The van der Waals surface area contributed by atoms with Gasteiger partial charge in [-0.25, -0.2) is 4.68 Å². The zero-order valence-corrected chi connectivity index (χ0v) is 24.4. The van der Waals surface area contributed by atoms with Crippen LogP contribution in [0.4, 0.5) is 13.2 Å². The molecule has 0 N–H and O–H groups in total. The van der Waals surface area contributed by atoms with Gasteiger partial charge in [0.2, 0.25) is 0 Å². The molecule has 2 unspecified atom stereocenters. The summed E-state index contributed by atoms with van der Waals surface area (Å²) < 4.78 is 48.1. The topological polar surface area (TPSA) is 39.5 Å². The number of halogens is 3. The Morgan fingerprint density at radius 3 is 2.29 bits per heavy atom. The molecule has 0 saturated carbocycles. The van der Waals surface area contributed by atoms with Crippen LogP contribution in [-0.2, 0) is 4.74 Å². The third-order valence-corrected chi connectivity index (χ3v) is 7.29. The van der Waals surface area contributed by atoms with Crippen molar-refractivity contribution in [3.05, 3.63) is 41.7 Å². The van der Waals surface area contributed by atoms with E-state index in [9.17, 15) is 13.2 Å². The van der Waals surface area contributed by atoms with Crippen molar-refractivity contribution in [3.63, 3.8) is 0 Å². The van der Waals surface area contributed by atoms with Gasteiger partial charge in [-0.3, -0.25) is 4.90 Å². The largest absolute Gasteiger partial charge is 0.573 e. The van der Waals surface area contributed by atoms with Crippen molar-refractivity contribution in [2.45, 2.75) is 105 Å². The Kier molecular flexibility index (Phi) is 12.6. The Labute approximate surface area is 227 Å². The van der Waals surface area contributed by atoms with Crippen molar-refractivity contribution < 1.29 is 22.6 Å². The highest BCUT2D eigenvalue weighted by Crippen LogP contribution is 2.30. The standard InChI is InChI=1S/C21H29F3N2O.C9H19NO/c1-5-7-17(9-8-15(3)6-2)20-14-16(4)26(25-20)18-10-12-19(13-11-18)27-21(22,23)24;1-4-5-10-6-7-11-8-9(10,2)3/h10-15,17H,5-9H2,1-4H3;4-8H2,1-3H3. The van der Waals surface area contributed by atoms with Crippen LogP contribution in [-0.4, -0.2) is 52.9 Å². The molecule has 3 rings (SSSR count). The number of aryl methyl sites for hydroxylation is 1. The van der Waals surface area contributed by atoms with E-state index in [4.69, 9.17) is 9.84 Å². The molecule has 0 spiro atoms. The molecule has 0 aliphatic carbocycles. The lowest BCUT2D eigenvalue weighted by Crippen LogP contribution is -2.52. The quantitative estimate of drug-likeness (QED) is 0.288. The molecule has 38 heavy (non-hydrogen) atoms. The predicted octanol–water partition coefficient (Wildman–Crippen LogP) is 8.30. The van der Waals surface area contributed by atoms with Gasteiger partial charge in [0.1, 0.15) is 5.75 Å². The average molecular weight is 540 g/mol. The molecule has 1 aromatic carbocycles. The Hall–Kier alpha value is -2.06. The second-order valence-corrected chi connectivity index (χ2v) is 11.1. The highest BCUT2D eigenvalue weighted by Gasteiger charge is 2.31. The summed E-state index contributed by atoms with van der Waals surface area (Å²) in [5.74, 6) is 0.888. The van der Waals surface area contributed by atoms with Crippen molar-refractivity contribution in [1.29, 1.82) is 0 Å². The van der Waals surface area contributed by atoms with Crippen LogP contribution >= 0.6 is 0 Å². The minimum atomic E-state index is -4.68. The maximum absolute atomic E-state index is 12.3. The van der Waals surface area contributed by atoms with Gasteiger partial charge in [-0.05, 0) is 82.8 Å². The van der Waals surface area contributed by atoms with Crippen molar-refractivity contribution in [3.8, 4) is 11.4 Å². The molecule has 1 aromatic heterocycles. The summed E-state index contributed by atoms with van der Waals surface area (Å²) >= 11 is 0. The van der Waals surface area contributed by atoms with Gasteiger partial charge in [0.25, 0.3) is 0 Å². The van der Waals surface area contributed by atoms with E-state index in [-0.39, 0.29) is 11.3 Å². The molecular formula is C30H48F3N3O2. The van der Waals surface area contributed by atoms with E-state index in [2.05, 4.69) is 57.2 Å². The van der Waals surface area contributed by atoms with Gasteiger partial charge in [0.15, 0.2) is 0 Å². The number of rotatable bonds is 11. The molecule has 1 saturated heterocycles. The van der Waals surface area contributed by atoms with E-state index in [1.807, 2.05) is 6.92 Å². The number of benzene rings is 1. The molecule has 5 nitrogen and oxygen atoms in total. The minimum Gasteiger partial charge on any atom is -0.406 e. The molecule has 216 valence electrons. The summed E-state index contributed by atoms with van der Waals surface area (Å²) in [6, 6.07) is 7.92. The van der Waals surface area contributed by atoms with Crippen molar-refractivity contribution >= 4 is 0 Å². The Balaban J connectivity index is 0.000000384. The number of aromatic nitrogens is 2. The van der Waals surface area contributed by atoms with E-state index in [0.29, 0.717) is 11.8 Å². The van der Waals surface area contributed by atoms with Gasteiger partial charge in [-0.2, -0.15) is 5.10 Å². The van der Waals surface area contributed by atoms with Crippen LogP contribution in [0.15, 0.2) is 30.3 Å². The third-order valence-electron chi connectivity index (χ3n) is 7.29. The smallest absolute Gasteiger partial charge is 0.406 e. The first-order valence-electron chi connectivity index (χ1n) is 14.2. The van der Waals surface area contributed by atoms with Crippen LogP contribution in [0, 0.1) is 12.8 Å². The zero-order valence-electron chi connectivity index (χ0n) is 24.4. The third kappa shape index (κ3) is 10.3. The first kappa shape index (κ1) is 32.2. The summed E-state index contributed by atoms with van der Waals surface area (Å²) in [7, 11) is 0. The lowest BCUT2D eigenvalue weighted by Gasteiger charge is -2.42. The molecule has 1 aliphatic rings. The van der Waals surface area contributed by atoms with Gasteiger partial charge in [0.05, 0.1) is 24.6 Å². The van der Waals surface area contributed by atoms with E-state index in [1.165, 1.54) is 37.9 Å². The molecular weight excluding hydrogens is 491 g/mol. The van der Waals surface area contributed by atoms with Gasteiger partial charge < -0.3 is 9.47 Å². The van der Waals surface area contributed by atoms with Gasteiger partial charge in [-0.1, -0.05) is 47.0 Å². The van der Waals surface area contributed by atoms with Crippen LogP contribution in [0.3, 0.4) is 0 Å². The second-order valence-electron chi connectivity index (χ2n) is 11.1. The lowest BCUT2D eigenvalue weighted by molar-refractivity contribution is -0.274. The highest BCUT2D eigenvalue weighted by atomic mass is 19.4. The first-order chi connectivity index (χ1) is 17.9. The first-order valence-corrected chi connectivity index (χ1v) is 14.2. The fourth-order valence-corrected chi connectivity index (χ4v) is 4.80. The number of alkyl halides is 3. The normalized spacial score (nSPS) is 17.4. The Bertz CT molecular complexity index is 939. The maximum Gasteiger partial charge on any atom is 0.573 e. The fraction of sp³-hybridized carbons (Fsp3) is 0.700. The molecule has 0 bridgehead atoms. The van der Waals surface area contributed by atoms with Crippen molar-refractivity contribution in [2.75, 3.05) is 26.3 Å². The maximum atomic E-state index is 12.3. The number of hydrogen-bond donors (Lipinski definition) is 0. The van der Waals surface area contributed by atoms with Crippen LogP contribution in [0.25, 0.3) is 5.69 Å². The number of hydrogen-bond acceptors (Lipinski definition) is 4. The summed E-state index contributed by atoms with van der Waals surface area (Å²) in [6.07, 6.45) is 2.21. The van der Waals surface area contributed by atoms with E-state index in [1.54, 1.807) is 16.8 Å². The van der Waals surface area contributed by atoms with E-state index < -0.39 is 6.36 Å². The monoisotopic (exact) mass is 539 g/mol. The molecule has 2 atom stereocenters. The van der Waals surface area contributed by atoms with Crippen LogP contribution in [0.1, 0.15) is 97.4 Å². The molecule has 0 radical (unpaired) electrons. The van der Waals surface area contributed by atoms with Crippen LogP contribution < -0.4 is 4.74 Å². The number of morpholine rings is 1. The number of nitrogens with zero attached hydrogens (tertiary/aromatic N) is 3. The summed E-state index contributed by atoms with van der Waals surface area (Å²) in [5, 5.41) is 4.76. The lowest BCUT2D eigenvalue weighted by atomic mass is 9.90. The van der Waals surface area contributed by atoms with Gasteiger partial charge in [0, 0.05) is 23.7 Å².